The molecule has 20 atom stereocenters. The molecule has 0 heterocycles. The van der Waals surface area contributed by atoms with Gasteiger partial charge >= 0.3 is 23.9 Å². The number of rotatable bonds is 44. The third kappa shape index (κ3) is 21.6. The van der Waals surface area contributed by atoms with Crippen LogP contribution in [0.5, 0.6) is 0 Å². The van der Waals surface area contributed by atoms with Crippen molar-refractivity contribution < 1.29 is 76.0 Å². The Labute approximate surface area is 650 Å². The molecule has 0 aliphatic heterocycles. The van der Waals surface area contributed by atoms with Crippen molar-refractivity contribution >= 4 is 36.5 Å². The lowest BCUT2D eigenvalue weighted by Gasteiger charge is -2.66. The maximum absolute atomic E-state index is 12.9. The van der Waals surface area contributed by atoms with Crippen LogP contribution in [0.4, 0.5) is 0 Å². The minimum absolute atomic E-state index is 0.0338. The monoisotopic (exact) mass is 1510 g/mol. The normalized spacial score (nSPS) is 34.0. The molecule has 0 bridgehead atoms. The first kappa shape index (κ1) is 90.6. The number of allylic oxidation sites excluding steroid dienone is 2. The van der Waals surface area contributed by atoms with Crippen LogP contribution in [0.3, 0.4) is 0 Å². The van der Waals surface area contributed by atoms with Gasteiger partial charge in [-0.25, -0.2) is 0 Å². The summed E-state index contributed by atoms with van der Waals surface area (Å²) in [7, 11) is 3.26. The van der Waals surface area contributed by atoms with Crippen molar-refractivity contribution in [1.82, 2.24) is 0 Å². The fraction of sp³-hybridized carbons (Fsp3) is 0.910. The van der Waals surface area contributed by atoms with Gasteiger partial charge in [-0.1, -0.05) is 180 Å². The molecule has 6 saturated carbocycles. The smallest absolute Gasteiger partial charge is 0.320 e. The van der Waals surface area contributed by atoms with Crippen LogP contribution in [0.2, 0.25) is 0 Å². The van der Waals surface area contributed by atoms with E-state index in [9.17, 15) is 19.2 Å². The van der Waals surface area contributed by atoms with Crippen molar-refractivity contribution in [2.24, 2.45) is 108 Å². The van der Waals surface area contributed by atoms with E-state index in [-0.39, 0.29) is 92.1 Å². The van der Waals surface area contributed by atoms with E-state index in [1.807, 2.05) is 20.8 Å². The first-order chi connectivity index (χ1) is 50.3. The third-order valence-electron chi connectivity index (χ3n) is 30.7. The molecule has 0 amide bonds. The summed E-state index contributed by atoms with van der Waals surface area (Å²) in [6.45, 7) is 46.0. The molecule has 0 aromatic carbocycles. The predicted octanol–water partition coefficient (Wildman–Crippen LogP) is 19.6. The molecular weight excluding hydrogens is 1360 g/mol. The summed E-state index contributed by atoms with van der Waals surface area (Å²) < 4.78 is 65.9. The highest BCUT2D eigenvalue weighted by atomic mass is 32.1. The summed E-state index contributed by atoms with van der Waals surface area (Å²) in [6.07, 6.45) is 34.5. The fourth-order valence-electron chi connectivity index (χ4n) is 23.0. The molecule has 8 rings (SSSR count). The molecule has 8 aliphatic carbocycles. The number of hydrogen-bond acceptors (Lipinski definition) is 17. The van der Waals surface area contributed by atoms with Crippen LogP contribution in [0.15, 0.2) is 23.3 Å². The van der Waals surface area contributed by atoms with Crippen molar-refractivity contribution in [1.29, 1.82) is 0 Å². The predicted molar refractivity (Wildman–Crippen MR) is 424 cm³/mol. The van der Waals surface area contributed by atoms with Gasteiger partial charge in [0.15, 0.2) is 13.6 Å². The highest BCUT2D eigenvalue weighted by Gasteiger charge is 2.69. The van der Waals surface area contributed by atoms with E-state index < -0.39 is 23.1 Å². The van der Waals surface area contributed by atoms with Crippen LogP contribution in [0, 0.1) is 108 Å². The fourth-order valence-corrected chi connectivity index (χ4v) is 23.4. The van der Waals surface area contributed by atoms with E-state index in [0.29, 0.717) is 112 Å². The minimum atomic E-state index is -0.735. The lowest BCUT2D eigenvalue weighted by atomic mass is 9.39. The molecule has 0 spiro atoms. The quantitative estimate of drug-likeness (QED) is 0.0152. The number of hydrogen-bond donors (Lipinski definition) is 1. The van der Waals surface area contributed by atoms with Crippen LogP contribution in [0.1, 0.15) is 285 Å². The standard InChI is InChI=1S/C45H78O8.C44H76O8S/c1-11-35(41(47)51-28-27-50-26-25-49-24-23-48-10)29-33(4)40(46)53-31-52-37-17-19-44(8)36(30-37)15-16-39-43(7)22-21-42(6,34(5)14-12-13-32(2)3)38(43)18-20-45(39,44)9;1-10-33(39(45)50-27-26-49-25-24-48-23-22-47-9)28-36(53)40(46)52-30-51-35-16-18-43(7)34(29-35)14-15-38-42(6)21-20-41(5,32(4)13-11-12-31(2)3)37(42)17-19-44(38,43)8/h15,32-35,37-39H,11-14,16-31H2,1-10H3;14,31-33,35-38,53H,10-13,15-30H2,1-9H3/t33?,34-,35?,37?,38-,39+,42-,43-,44+,45+;32-,33?,35?,36?,37-,38+,41-,42-,43+,44+/m11/s1. The summed E-state index contributed by atoms with van der Waals surface area (Å²) in [5, 5.41) is -0.735. The molecule has 0 N–H and O–H groups in total. The number of carbonyl (C=O) groups excluding carboxylic acids is 4. The van der Waals surface area contributed by atoms with Gasteiger partial charge in [0, 0.05) is 14.2 Å². The molecule has 106 heavy (non-hydrogen) atoms. The van der Waals surface area contributed by atoms with Crippen molar-refractivity contribution in [3.8, 4) is 0 Å². The molecule has 6 unspecified atom stereocenters. The molecule has 0 radical (unpaired) electrons. The van der Waals surface area contributed by atoms with Gasteiger partial charge in [-0.05, 0) is 219 Å². The molecule has 16 nitrogen and oxygen atoms in total. The van der Waals surface area contributed by atoms with Gasteiger partial charge in [-0.3, -0.25) is 19.2 Å². The largest absolute Gasteiger partial charge is 0.463 e. The zero-order valence-electron chi connectivity index (χ0n) is 70.5. The van der Waals surface area contributed by atoms with E-state index in [2.05, 4.69) is 122 Å². The van der Waals surface area contributed by atoms with Crippen molar-refractivity contribution in [3.05, 3.63) is 23.3 Å². The number of fused-ring (bicyclic) bond motifs is 10. The molecule has 8 aliphatic rings. The topological polar surface area (TPSA) is 179 Å². The van der Waals surface area contributed by atoms with E-state index in [1.54, 1.807) is 25.4 Å². The van der Waals surface area contributed by atoms with Gasteiger partial charge in [-0.15, -0.1) is 0 Å². The van der Waals surface area contributed by atoms with E-state index in [0.717, 1.165) is 80.0 Å². The van der Waals surface area contributed by atoms with E-state index in [4.69, 9.17) is 56.8 Å². The number of ether oxygens (including phenoxy) is 12. The highest BCUT2D eigenvalue weighted by Crippen LogP contribution is 2.77. The van der Waals surface area contributed by atoms with Crippen LogP contribution in [-0.2, 0) is 76.0 Å². The molecule has 17 heteroatoms. The van der Waals surface area contributed by atoms with Crippen molar-refractivity contribution in [2.75, 3.05) is 107 Å². The third-order valence-corrected chi connectivity index (χ3v) is 31.1. The molecule has 0 saturated heterocycles. The first-order valence-electron chi connectivity index (χ1n) is 42.6. The second kappa shape index (κ2) is 41.4. The Bertz CT molecular complexity index is 2590. The van der Waals surface area contributed by atoms with Crippen molar-refractivity contribution in [3.63, 3.8) is 0 Å². The second-order valence-electron chi connectivity index (χ2n) is 37.3. The second-order valence-corrected chi connectivity index (χ2v) is 37.9. The van der Waals surface area contributed by atoms with Crippen LogP contribution >= 0.6 is 12.6 Å². The number of esters is 4. The van der Waals surface area contributed by atoms with Crippen LogP contribution < -0.4 is 0 Å². The summed E-state index contributed by atoms with van der Waals surface area (Å²) in [5.41, 5.74) is 5.77. The summed E-state index contributed by atoms with van der Waals surface area (Å²) in [6, 6.07) is 0. The van der Waals surface area contributed by atoms with Crippen LogP contribution in [-0.4, -0.2) is 148 Å². The Morgan fingerprint density at radius 3 is 1.20 bits per heavy atom. The average molecular weight is 1510 g/mol. The van der Waals surface area contributed by atoms with Crippen molar-refractivity contribution in [2.45, 2.75) is 302 Å². The van der Waals surface area contributed by atoms with Gasteiger partial charge in [0.25, 0.3) is 0 Å². The zero-order valence-corrected chi connectivity index (χ0v) is 71.4. The molecule has 6 fully saturated rings. The average Bonchev–Trinajstić information content (AvgIpc) is 1.40. The minimum Gasteiger partial charge on any atom is -0.463 e. The number of methoxy groups -OCH3 is 2. The highest BCUT2D eigenvalue weighted by molar-refractivity contribution is 7.81. The Hall–Kier alpha value is -2.61. The Kier molecular flexibility index (Phi) is 35.4. The van der Waals surface area contributed by atoms with E-state index in [1.165, 1.54) is 103 Å². The molecular formula is C89H154O16S. The Morgan fingerprint density at radius 1 is 0.434 bits per heavy atom. The summed E-state index contributed by atoms with van der Waals surface area (Å²) >= 11 is 4.49. The van der Waals surface area contributed by atoms with E-state index >= 15 is 0 Å². The molecule has 0 aromatic heterocycles. The lowest BCUT2D eigenvalue weighted by molar-refractivity contribution is -0.171. The molecule has 0 aromatic rings. The Morgan fingerprint density at radius 2 is 0.811 bits per heavy atom. The lowest BCUT2D eigenvalue weighted by Crippen LogP contribution is -2.58. The SMILES string of the molecule is CCC(CC(C)C(=O)OCOC1CC[C@@]2(C)C(=CC[C@H]3[C@]4(C)CC[C@](C)([C@H](C)CCCC(C)C)[C@H]4CC[C@@]32C)C1)C(=O)OCCOCCOCCOC.CCC(CC(S)C(=O)OCOC1CC[C@@]2(C)C(=CC[C@H]3[C@]4(C)CC[C@](C)([C@H](C)CCCC(C)C)[C@H]4CC[C@@]32C)C1)C(=O)OCCOCCOCCOC. The van der Waals surface area contributed by atoms with Gasteiger partial charge in [0.2, 0.25) is 0 Å². The van der Waals surface area contributed by atoms with Crippen LogP contribution in [0.25, 0.3) is 0 Å². The zero-order chi connectivity index (χ0) is 77.7. The van der Waals surface area contributed by atoms with Gasteiger partial charge in [0.1, 0.15) is 18.5 Å². The molecule has 612 valence electrons. The maximum Gasteiger partial charge on any atom is 0.320 e. The van der Waals surface area contributed by atoms with Gasteiger partial charge in [0.05, 0.1) is 96.0 Å². The maximum atomic E-state index is 12.9. The van der Waals surface area contributed by atoms with Gasteiger partial charge < -0.3 is 56.8 Å². The summed E-state index contributed by atoms with van der Waals surface area (Å²) in [5.74, 6) is 3.53. The van der Waals surface area contributed by atoms with Gasteiger partial charge in [-0.2, -0.15) is 12.6 Å². The number of carbonyl (C=O) groups is 4. The first-order valence-corrected chi connectivity index (χ1v) is 43.1. The Balaban J connectivity index is 0.000000296. The summed E-state index contributed by atoms with van der Waals surface area (Å²) in [4.78, 5) is 51.2. The number of thiol groups is 1.